The third-order valence-corrected chi connectivity index (χ3v) is 4.72. The van der Waals surface area contributed by atoms with E-state index in [1.165, 1.54) is 4.90 Å². The number of benzene rings is 2. The van der Waals surface area contributed by atoms with Gasteiger partial charge in [-0.15, -0.1) is 0 Å². The first-order valence-corrected chi connectivity index (χ1v) is 8.70. The number of rotatable bonds is 5. The molecule has 1 saturated heterocycles. The highest BCUT2D eigenvalue weighted by molar-refractivity contribution is 6.04. The maximum absolute atomic E-state index is 12.3. The highest BCUT2D eigenvalue weighted by atomic mass is 16.2. The van der Waals surface area contributed by atoms with Gasteiger partial charge in [0.25, 0.3) is 5.91 Å². The highest BCUT2D eigenvalue weighted by Crippen LogP contribution is 2.11. The minimum absolute atomic E-state index is 0.0142. The Bertz CT molecular complexity index is 728. The molecular formula is C20H24N3O2+. The van der Waals surface area contributed by atoms with Crippen LogP contribution in [0.1, 0.15) is 28.8 Å². The summed E-state index contributed by atoms with van der Waals surface area (Å²) in [4.78, 5) is 25.0. The first kappa shape index (κ1) is 17.2. The largest absolute Gasteiger partial charge is 0.369 e. The summed E-state index contributed by atoms with van der Waals surface area (Å²) in [5.41, 5.74) is 8.03. The van der Waals surface area contributed by atoms with Crippen molar-refractivity contribution in [3.8, 4) is 0 Å². The Hall–Kier alpha value is -2.66. The molecule has 2 aromatic rings. The van der Waals surface area contributed by atoms with Crippen LogP contribution in [0.2, 0.25) is 0 Å². The number of quaternary nitrogens is 1. The second kappa shape index (κ2) is 7.94. The Morgan fingerprint density at radius 1 is 1.08 bits per heavy atom. The summed E-state index contributed by atoms with van der Waals surface area (Å²) in [6, 6.07) is 17.1. The molecule has 2 aromatic carbocycles. The SMILES string of the molecule is NC(=O)[C@@H]1CCC[NH+](Cc2ccc(C(=O)Nc3ccccc3)cc2)C1. The predicted octanol–water partition coefficient (Wildman–Crippen LogP) is 1.22. The lowest BCUT2D eigenvalue weighted by atomic mass is 9.97. The van der Waals surface area contributed by atoms with E-state index in [1.807, 2.05) is 54.6 Å². The standard InChI is InChI=1S/C20H23N3O2/c21-19(24)17-5-4-12-23(14-17)13-15-8-10-16(11-9-15)20(25)22-18-6-2-1-3-7-18/h1-3,6-11,17H,4-5,12-14H2,(H2,21,24)(H,22,25)/p+1/t17-/m1/s1. The number of anilines is 1. The van der Waals surface area contributed by atoms with Gasteiger partial charge < -0.3 is 16.0 Å². The summed E-state index contributed by atoms with van der Waals surface area (Å²) < 4.78 is 0. The van der Waals surface area contributed by atoms with E-state index >= 15 is 0 Å². The van der Waals surface area contributed by atoms with E-state index in [9.17, 15) is 9.59 Å². The summed E-state index contributed by atoms with van der Waals surface area (Å²) >= 11 is 0. The van der Waals surface area contributed by atoms with E-state index in [0.717, 1.165) is 43.7 Å². The van der Waals surface area contributed by atoms with Crippen molar-refractivity contribution in [1.82, 2.24) is 0 Å². The van der Waals surface area contributed by atoms with E-state index in [4.69, 9.17) is 5.73 Å². The van der Waals surface area contributed by atoms with E-state index in [1.54, 1.807) is 0 Å². The van der Waals surface area contributed by atoms with Crippen molar-refractivity contribution in [3.05, 3.63) is 65.7 Å². The van der Waals surface area contributed by atoms with Crippen molar-refractivity contribution in [3.63, 3.8) is 0 Å². The molecule has 1 fully saturated rings. The van der Waals surface area contributed by atoms with Crippen molar-refractivity contribution in [1.29, 1.82) is 0 Å². The molecule has 0 spiro atoms. The number of likely N-dealkylation sites (tertiary alicyclic amines) is 1. The molecule has 1 aliphatic heterocycles. The third kappa shape index (κ3) is 4.67. The van der Waals surface area contributed by atoms with Crippen molar-refractivity contribution in [2.24, 2.45) is 11.7 Å². The van der Waals surface area contributed by atoms with Crippen LogP contribution in [0.4, 0.5) is 5.69 Å². The zero-order valence-corrected chi connectivity index (χ0v) is 14.2. The van der Waals surface area contributed by atoms with Gasteiger partial charge in [-0.2, -0.15) is 0 Å². The number of nitrogens with two attached hydrogens (primary N) is 1. The lowest BCUT2D eigenvalue weighted by Gasteiger charge is -2.28. The third-order valence-electron chi connectivity index (χ3n) is 4.72. The smallest absolute Gasteiger partial charge is 0.255 e. The fourth-order valence-electron chi connectivity index (χ4n) is 3.34. The molecule has 3 rings (SSSR count). The molecule has 1 heterocycles. The molecule has 4 N–H and O–H groups in total. The average Bonchev–Trinajstić information content (AvgIpc) is 2.63. The molecule has 0 bridgehead atoms. The second-order valence-corrected chi connectivity index (χ2v) is 6.64. The first-order valence-electron chi connectivity index (χ1n) is 8.70. The topological polar surface area (TPSA) is 76.6 Å². The summed E-state index contributed by atoms with van der Waals surface area (Å²) in [5.74, 6) is -0.318. The molecular weight excluding hydrogens is 314 g/mol. The quantitative estimate of drug-likeness (QED) is 0.767. The number of hydrogen-bond acceptors (Lipinski definition) is 2. The Morgan fingerprint density at radius 2 is 1.80 bits per heavy atom. The van der Waals surface area contributed by atoms with Gasteiger partial charge in [-0.25, -0.2) is 0 Å². The van der Waals surface area contributed by atoms with Gasteiger partial charge >= 0.3 is 0 Å². The van der Waals surface area contributed by atoms with Gasteiger partial charge in [0.2, 0.25) is 5.91 Å². The number of nitrogens with one attached hydrogen (secondary N) is 2. The Kier molecular flexibility index (Phi) is 5.46. The number of amides is 2. The first-order chi connectivity index (χ1) is 12.1. The van der Waals surface area contributed by atoms with Crippen LogP contribution < -0.4 is 16.0 Å². The van der Waals surface area contributed by atoms with Crippen LogP contribution in [0.5, 0.6) is 0 Å². The Balaban J connectivity index is 1.58. The van der Waals surface area contributed by atoms with Gasteiger partial charge in [0.05, 0.1) is 19.0 Å². The van der Waals surface area contributed by atoms with Crippen LogP contribution in [-0.2, 0) is 11.3 Å². The predicted molar refractivity (Wildman–Crippen MR) is 97.2 cm³/mol. The molecule has 1 unspecified atom stereocenters. The normalized spacial score (nSPS) is 20.0. The average molecular weight is 338 g/mol. The van der Waals surface area contributed by atoms with Crippen LogP contribution in [0.25, 0.3) is 0 Å². The number of hydrogen-bond donors (Lipinski definition) is 3. The summed E-state index contributed by atoms with van der Waals surface area (Å²) in [6.07, 6.45) is 1.93. The molecule has 1 aliphatic rings. The second-order valence-electron chi connectivity index (χ2n) is 6.64. The van der Waals surface area contributed by atoms with E-state index in [-0.39, 0.29) is 17.7 Å². The Labute approximate surface area is 147 Å². The van der Waals surface area contributed by atoms with E-state index in [0.29, 0.717) is 5.56 Å². The molecule has 0 aromatic heterocycles. The van der Waals surface area contributed by atoms with Gasteiger partial charge in [-0.05, 0) is 37.1 Å². The molecule has 130 valence electrons. The minimum atomic E-state index is -0.190. The van der Waals surface area contributed by atoms with E-state index in [2.05, 4.69) is 5.32 Å². The Morgan fingerprint density at radius 3 is 2.48 bits per heavy atom. The van der Waals surface area contributed by atoms with Crippen molar-refractivity contribution in [2.75, 3.05) is 18.4 Å². The molecule has 2 amide bonds. The summed E-state index contributed by atoms with van der Waals surface area (Å²) in [5, 5.41) is 2.88. The summed E-state index contributed by atoms with van der Waals surface area (Å²) in [6.45, 7) is 2.70. The van der Waals surface area contributed by atoms with Crippen molar-refractivity contribution >= 4 is 17.5 Å². The van der Waals surface area contributed by atoms with Gasteiger partial charge in [-0.3, -0.25) is 9.59 Å². The van der Waals surface area contributed by atoms with Crippen LogP contribution in [-0.4, -0.2) is 24.9 Å². The lowest BCUT2D eigenvalue weighted by molar-refractivity contribution is -0.921. The minimum Gasteiger partial charge on any atom is -0.369 e. The van der Waals surface area contributed by atoms with Crippen LogP contribution in [0.15, 0.2) is 54.6 Å². The molecule has 0 aliphatic carbocycles. The molecule has 0 radical (unpaired) electrons. The van der Waals surface area contributed by atoms with Gasteiger partial charge in [0, 0.05) is 16.8 Å². The number of carbonyl (C=O) groups is 2. The number of piperidine rings is 1. The monoisotopic (exact) mass is 338 g/mol. The number of carbonyl (C=O) groups excluding carboxylic acids is 2. The van der Waals surface area contributed by atoms with E-state index < -0.39 is 0 Å². The van der Waals surface area contributed by atoms with Crippen LogP contribution in [0.3, 0.4) is 0 Å². The zero-order valence-electron chi connectivity index (χ0n) is 14.2. The van der Waals surface area contributed by atoms with Crippen molar-refractivity contribution < 1.29 is 14.5 Å². The molecule has 5 heteroatoms. The lowest BCUT2D eigenvalue weighted by Crippen LogP contribution is -3.12. The fraction of sp³-hybridized carbons (Fsp3) is 0.300. The molecule has 2 atom stereocenters. The number of para-hydroxylation sites is 1. The maximum atomic E-state index is 12.3. The van der Waals surface area contributed by atoms with Gasteiger partial charge in [-0.1, -0.05) is 30.3 Å². The molecule has 0 saturated carbocycles. The van der Waals surface area contributed by atoms with Gasteiger partial charge in [0.15, 0.2) is 0 Å². The molecule has 25 heavy (non-hydrogen) atoms. The number of primary amides is 1. The summed E-state index contributed by atoms with van der Waals surface area (Å²) in [7, 11) is 0. The zero-order chi connectivity index (χ0) is 17.6. The fourth-order valence-corrected chi connectivity index (χ4v) is 3.34. The van der Waals surface area contributed by atoms with Crippen molar-refractivity contribution in [2.45, 2.75) is 19.4 Å². The van der Waals surface area contributed by atoms with Crippen LogP contribution >= 0.6 is 0 Å². The van der Waals surface area contributed by atoms with Gasteiger partial charge in [0.1, 0.15) is 6.54 Å². The maximum Gasteiger partial charge on any atom is 0.255 e. The molecule has 5 nitrogen and oxygen atoms in total. The highest BCUT2D eigenvalue weighted by Gasteiger charge is 2.26. The van der Waals surface area contributed by atoms with Crippen LogP contribution in [0, 0.1) is 5.92 Å².